The molecular weight excluding hydrogens is 234 g/mol. The summed E-state index contributed by atoms with van der Waals surface area (Å²) >= 11 is 0. The van der Waals surface area contributed by atoms with Crippen LogP contribution in [0.3, 0.4) is 0 Å². The van der Waals surface area contributed by atoms with Gasteiger partial charge in [-0.3, -0.25) is 4.79 Å². The molecule has 0 spiro atoms. The van der Waals surface area contributed by atoms with Crippen LogP contribution in [0.25, 0.3) is 11.1 Å². The third-order valence-electron chi connectivity index (χ3n) is 2.92. The lowest BCUT2D eigenvalue weighted by atomic mass is 9.97. The molecule has 0 fully saturated rings. The van der Waals surface area contributed by atoms with Gasteiger partial charge in [-0.2, -0.15) is 0 Å². The summed E-state index contributed by atoms with van der Waals surface area (Å²) in [4.78, 5) is 12.3. The Kier molecular flexibility index (Phi) is 4.00. The molecule has 0 bridgehead atoms. The Labute approximate surface area is 114 Å². The number of aryl methyl sites for hydroxylation is 1. The molecule has 2 aromatic carbocycles. The first-order chi connectivity index (χ1) is 9.08. The van der Waals surface area contributed by atoms with Crippen LogP contribution < -0.4 is 5.32 Å². The molecule has 0 radical (unpaired) electrons. The van der Waals surface area contributed by atoms with Crippen molar-refractivity contribution in [3.05, 3.63) is 59.7 Å². The van der Waals surface area contributed by atoms with Gasteiger partial charge in [0, 0.05) is 11.6 Å². The highest BCUT2D eigenvalue weighted by molar-refractivity contribution is 6.01. The van der Waals surface area contributed by atoms with E-state index in [9.17, 15) is 4.79 Å². The van der Waals surface area contributed by atoms with Gasteiger partial charge >= 0.3 is 0 Å². The van der Waals surface area contributed by atoms with Crippen molar-refractivity contribution in [1.29, 1.82) is 0 Å². The minimum atomic E-state index is -0.0162. The lowest BCUT2D eigenvalue weighted by Gasteiger charge is -2.13. The van der Waals surface area contributed by atoms with Gasteiger partial charge in [0.2, 0.25) is 0 Å². The third kappa shape index (κ3) is 3.22. The number of nitrogens with one attached hydrogen (secondary N) is 1. The molecule has 0 saturated carbocycles. The Balaban J connectivity index is 2.47. The fourth-order valence-corrected chi connectivity index (χ4v) is 2.06. The molecule has 98 valence electrons. The van der Waals surface area contributed by atoms with E-state index in [4.69, 9.17) is 0 Å². The summed E-state index contributed by atoms with van der Waals surface area (Å²) in [6.07, 6.45) is 0. The highest BCUT2D eigenvalue weighted by Crippen LogP contribution is 2.24. The van der Waals surface area contributed by atoms with E-state index in [0.29, 0.717) is 0 Å². The van der Waals surface area contributed by atoms with Crippen LogP contribution in [0.4, 0.5) is 0 Å². The van der Waals surface area contributed by atoms with Crippen molar-refractivity contribution >= 4 is 5.91 Å². The number of rotatable bonds is 3. The Hall–Kier alpha value is -2.09. The van der Waals surface area contributed by atoms with Crippen molar-refractivity contribution in [3.63, 3.8) is 0 Å². The van der Waals surface area contributed by atoms with E-state index in [1.165, 1.54) is 0 Å². The topological polar surface area (TPSA) is 29.1 Å². The second kappa shape index (κ2) is 5.70. The van der Waals surface area contributed by atoms with Crippen LogP contribution in [-0.2, 0) is 0 Å². The Bertz CT molecular complexity index is 573. The lowest BCUT2D eigenvalue weighted by Crippen LogP contribution is -2.30. The number of benzene rings is 2. The average molecular weight is 253 g/mol. The summed E-state index contributed by atoms with van der Waals surface area (Å²) in [6.45, 7) is 5.94. The molecule has 2 rings (SSSR count). The zero-order valence-corrected chi connectivity index (χ0v) is 11.6. The van der Waals surface area contributed by atoms with Gasteiger partial charge < -0.3 is 5.32 Å². The molecule has 0 aliphatic heterocycles. The first kappa shape index (κ1) is 13.3. The Morgan fingerprint density at radius 2 is 1.74 bits per heavy atom. The minimum absolute atomic E-state index is 0.0162. The van der Waals surface area contributed by atoms with Gasteiger partial charge in [-0.1, -0.05) is 48.0 Å². The monoisotopic (exact) mass is 253 g/mol. The van der Waals surface area contributed by atoms with E-state index in [1.807, 2.05) is 69.3 Å². The average Bonchev–Trinajstić information content (AvgIpc) is 2.39. The van der Waals surface area contributed by atoms with E-state index in [0.717, 1.165) is 22.3 Å². The highest BCUT2D eigenvalue weighted by Gasteiger charge is 2.13. The quantitative estimate of drug-likeness (QED) is 0.885. The van der Waals surface area contributed by atoms with Crippen molar-refractivity contribution in [2.45, 2.75) is 26.8 Å². The molecule has 2 heteroatoms. The Morgan fingerprint density at radius 3 is 2.37 bits per heavy atom. The normalized spacial score (nSPS) is 10.5. The number of carbonyl (C=O) groups excluding carboxylic acids is 1. The highest BCUT2D eigenvalue weighted by atomic mass is 16.1. The van der Waals surface area contributed by atoms with Gasteiger partial charge in [-0.25, -0.2) is 0 Å². The van der Waals surface area contributed by atoms with Gasteiger partial charge in [0.25, 0.3) is 5.91 Å². The lowest BCUT2D eigenvalue weighted by molar-refractivity contribution is 0.0943. The zero-order valence-electron chi connectivity index (χ0n) is 11.6. The largest absolute Gasteiger partial charge is 0.350 e. The third-order valence-corrected chi connectivity index (χ3v) is 2.92. The van der Waals surface area contributed by atoms with E-state index < -0.39 is 0 Å². The minimum Gasteiger partial charge on any atom is -0.350 e. The van der Waals surface area contributed by atoms with Gasteiger partial charge in [-0.05, 0) is 38.0 Å². The fraction of sp³-hybridized carbons (Fsp3) is 0.235. The van der Waals surface area contributed by atoms with Crippen LogP contribution in [0.15, 0.2) is 48.5 Å². The van der Waals surface area contributed by atoms with Crippen LogP contribution in [0, 0.1) is 6.92 Å². The molecule has 2 nitrogen and oxygen atoms in total. The summed E-state index contributed by atoms with van der Waals surface area (Å²) in [7, 11) is 0. The summed E-state index contributed by atoms with van der Waals surface area (Å²) in [6, 6.07) is 16.1. The fourth-order valence-electron chi connectivity index (χ4n) is 2.06. The van der Waals surface area contributed by atoms with Crippen molar-refractivity contribution in [2.75, 3.05) is 0 Å². The molecule has 0 aliphatic carbocycles. The summed E-state index contributed by atoms with van der Waals surface area (Å²) in [5, 5.41) is 2.96. The molecule has 0 saturated heterocycles. The van der Waals surface area contributed by atoms with Gasteiger partial charge in [0.15, 0.2) is 0 Å². The van der Waals surface area contributed by atoms with E-state index in [-0.39, 0.29) is 11.9 Å². The molecule has 19 heavy (non-hydrogen) atoms. The maximum absolute atomic E-state index is 12.3. The van der Waals surface area contributed by atoms with E-state index in [1.54, 1.807) is 0 Å². The Morgan fingerprint density at radius 1 is 1.05 bits per heavy atom. The van der Waals surface area contributed by atoms with Crippen molar-refractivity contribution in [1.82, 2.24) is 5.32 Å². The van der Waals surface area contributed by atoms with Crippen LogP contribution in [0.5, 0.6) is 0 Å². The zero-order chi connectivity index (χ0) is 13.8. The number of hydrogen-bond donors (Lipinski definition) is 1. The number of hydrogen-bond acceptors (Lipinski definition) is 1. The summed E-state index contributed by atoms with van der Waals surface area (Å²) < 4.78 is 0. The molecule has 1 N–H and O–H groups in total. The van der Waals surface area contributed by atoms with Gasteiger partial charge in [0.05, 0.1) is 0 Å². The first-order valence-electron chi connectivity index (χ1n) is 6.55. The summed E-state index contributed by atoms with van der Waals surface area (Å²) in [5.74, 6) is -0.0162. The van der Waals surface area contributed by atoms with Crippen LogP contribution >= 0.6 is 0 Å². The van der Waals surface area contributed by atoms with Crippen LogP contribution in [0.1, 0.15) is 29.8 Å². The SMILES string of the molecule is Cc1ccc(-c2ccccc2)c(C(=O)NC(C)C)c1. The predicted octanol–water partition coefficient (Wildman–Crippen LogP) is 3.80. The van der Waals surface area contributed by atoms with E-state index >= 15 is 0 Å². The molecule has 0 unspecified atom stereocenters. The molecule has 0 aliphatic rings. The standard InChI is InChI=1S/C17H19NO/c1-12(2)18-17(19)16-11-13(3)9-10-15(16)14-7-5-4-6-8-14/h4-12H,1-3H3,(H,18,19). The molecule has 1 amide bonds. The first-order valence-corrected chi connectivity index (χ1v) is 6.55. The number of carbonyl (C=O) groups is 1. The van der Waals surface area contributed by atoms with E-state index in [2.05, 4.69) is 5.32 Å². The van der Waals surface area contributed by atoms with Gasteiger partial charge in [-0.15, -0.1) is 0 Å². The second-order valence-electron chi connectivity index (χ2n) is 5.04. The van der Waals surface area contributed by atoms with Crippen molar-refractivity contribution in [3.8, 4) is 11.1 Å². The van der Waals surface area contributed by atoms with Crippen molar-refractivity contribution < 1.29 is 4.79 Å². The van der Waals surface area contributed by atoms with Crippen LogP contribution in [-0.4, -0.2) is 11.9 Å². The van der Waals surface area contributed by atoms with Crippen LogP contribution in [0.2, 0.25) is 0 Å². The summed E-state index contributed by atoms with van der Waals surface area (Å²) in [5.41, 5.74) is 3.87. The predicted molar refractivity (Wildman–Crippen MR) is 79.2 cm³/mol. The smallest absolute Gasteiger partial charge is 0.252 e. The maximum Gasteiger partial charge on any atom is 0.252 e. The van der Waals surface area contributed by atoms with Crippen molar-refractivity contribution in [2.24, 2.45) is 0 Å². The second-order valence-corrected chi connectivity index (χ2v) is 5.04. The maximum atomic E-state index is 12.3. The van der Waals surface area contributed by atoms with Gasteiger partial charge in [0.1, 0.15) is 0 Å². The molecule has 0 aromatic heterocycles. The molecule has 0 heterocycles. The number of amides is 1. The molecular formula is C17H19NO. The molecule has 0 atom stereocenters. The molecule has 2 aromatic rings.